The van der Waals surface area contributed by atoms with Gasteiger partial charge >= 0.3 is 0 Å². The molecule has 0 saturated heterocycles. The van der Waals surface area contributed by atoms with Crippen LogP contribution in [0.25, 0.3) is 0 Å². The number of nitrogens with zero attached hydrogens (tertiary/aromatic N) is 3. The van der Waals surface area contributed by atoms with Crippen molar-refractivity contribution in [3.63, 3.8) is 0 Å². The lowest BCUT2D eigenvalue weighted by molar-refractivity contribution is 0.705. The van der Waals surface area contributed by atoms with Crippen molar-refractivity contribution in [3.8, 4) is 0 Å². The van der Waals surface area contributed by atoms with Gasteiger partial charge in [0.2, 0.25) is 0 Å². The summed E-state index contributed by atoms with van der Waals surface area (Å²) in [5, 5.41) is 7.25. The molecule has 0 fully saturated rings. The molecule has 1 aromatic heterocycles. The van der Waals surface area contributed by atoms with Crippen molar-refractivity contribution in [2.45, 2.75) is 13.0 Å². The molecule has 0 amide bonds. The Morgan fingerprint density at radius 2 is 2.00 bits per heavy atom. The number of aromatic nitrogens is 3. The Balaban J connectivity index is 2.50. The maximum absolute atomic E-state index is 3.68. The van der Waals surface area contributed by atoms with Gasteiger partial charge in [-0.1, -0.05) is 6.92 Å². The highest BCUT2D eigenvalue weighted by atomic mass is 15.2. The summed E-state index contributed by atoms with van der Waals surface area (Å²) in [5.41, 5.74) is 0. The van der Waals surface area contributed by atoms with Gasteiger partial charge in [0.1, 0.15) is 12.7 Å². The molecule has 3 nitrogen and oxygen atoms in total. The molecule has 0 aliphatic heterocycles. The predicted molar refractivity (Wildman–Crippen MR) is 30.0 cm³/mol. The molecule has 0 aromatic carbocycles. The van der Waals surface area contributed by atoms with Crippen molar-refractivity contribution >= 4 is 0 Å². The maximum Gasteiger partial charge on any atom is 0.119 e. The fourth-order valence-electron chi connectivity index (χ4n) is 0.520. The fourth-order valence-corrected chi connectivity index (χ4v) is 0.520. The van der Waals surface area contributed by atoms with Crippen molar-refractivity contribution in [2.75, 3.05) is 0 Å². The minimum Gasteiger partial charge on any atom is -0.320 e. The summed E-state index contributed by atoms with van der Waals surface area (Å²) in [6, 6.07) is 0. The van der Waals surface area contributed by atoms with Gasteiger partial charge in [-0.15, -0.1) is 10.2 Å². The van der Waals surface area contributed by atoms with E-state index in [1.54, 1.807) is 12.7 Å². The van der Waals surface area contributed by atoms with E-state index >= 15 is 0 Å². The highest BCUT2D eigenvalue weighted by molar-refractivity contribution is 4.59. The molecule has 0 atom stereocenters. The third kappa shape index (κ3) is 1.05. The Hall–Kier alpha value is -0.860. The molecule has 1 radical (unpaired) electrons. The zero-order chi connectivity index (χ0) is 5.82. The van der Waals surface area contributed by atoms with E-state index in [4.69, 9.17) is 0 Å². The van der Waals surface area contributed by atoms with Crippen molar-refractivity contribution in [3.05, 3.63) is 19.6 Å². The van der Waals surface area contributed by atoms with E-state index in [9.17, 15) is 0 Å². The van der Waals surface area contributed by atoms with Gasteiger partial charge < -0.3 is 4.57 Å². The van der Waals surface area contributed by atoms with Gasteiger partial charge in [0.25, 0.3) is 0 Å². The molecule has 3 heteroatoms. The van der Waals surface area contributed by atoms with E-state index in [0.29, 0.717) is 0 Å². The molecule has 0 aliphatic carbocycles. The van der Waals surface area contributed by atoms with E-state index < -0.39 is 0 Å². The van der Waals surface area contributed by atoms with E-state index in [1.807, 2.05) is 4.57 Å². The maximum atomic E-state index is 3.68. The standard InChI is InChI=1S/C5H8N3/c1-2-3-8-4-6-7-5-8/h4-5H,1-3H2. The van der Waals surface area contributed by atoms with E-state index in [0.717, 1.165) is 13.0 Å². The summed E-state index contributed by atoms with van der Waals surface area (Å²) < 4.78 is 1.90. The van der Waals surface area contributed by atoms with Crippen molar-refractivity contribution < 1.29 is 0 Å². The van der Waals surface area contributed by atoms with Gasteiger partial charge in [0.15, 0.2) is 0 Å². The van der Waals surface area contributed by atoms with Crippen LogP contribution in [0.4, 0.5) is 0 Å². The minimum absolute atomic E-state index is 0.887. The Labute approximate surface area is 48.4 Å². The Bertz CT molecular complexity index is 133. The van der Waals surface area contributed by atoms with Crippen LogP contribution in [0.1, 0.15) is 6.42 Å². The molecule has 0 saturated carbocycles. The van der Waals surface area contributed by atoms with Gasteiger partial charge in [-0.2, -0.15) is 0 Å². The van der Waals surface area contributed by atoms with E-state index in [1.165, 1.54) is 0 Å². The van der Waals surface area contributed by atoms with Gasteiger partial charge in [-0.3, -0.25) is 0 Å². The molecule has 0 aliphatic rings. The summed E-state index contributed by atoms with van der Waals surface area (Å²) in [5.74, 6) is 0. The molecule has 43 valence electrons. The Morgan fingerprint density at radius 3 is 2.50 bits per heavy atom. The second-order valence-corrected chi connectivity index (χ2v) is 1.55. The number of hydrogen-bond acceptors (Lipinski definition) is 2. The third-order valence-electron chi connectivity index (χ3n) is 0.883. The lowest BCUT2D eigenvalue weighted by Gasteiger charge is -1.91. The first-order valence-electron chi connectivity index (χ1n) is 2.55. The SMILES string of the molecule is [CH2]CCn1cnnc1. The first kappa shape index (κ1) is 5.28. The quantitative estimate of drug-likeness (QED) is 0.555. The average molecular weight is 110 g/mol. The van der Waals surface area contributed by atoms with Crippen LogP contribution in [0.3, 0.4) is 0 Å². The van der Waals surface area contributed by atoms with Crippen molar-refractivity contribution in [2.24, 2.45) is 0 Å². The topological polar surface area (TPSA) is 30.7 Å². The Kier molecular flexibility index (Phi) is 1.62. The van der Waals surface area contributed by atoms with E-state index in [-0.39, 0.29) is 0 Å². The summed E-state index contributed by atoms with van der Waals surface area (Å²) in [6.07, 6.45) is 4.26. The number of aryl methyl sites for hydroxylation is 1. The van der Waals surface area contributed by atoms with E-state index in [2.05, 4.69) is 17.1 Å². The van der Waals surface area contributed by atoms with Gasteiger partial charge in [-0.25, -0.2) is 0 Å². The third-order valence-corrected chi connectivity index (χ3v) is 0.883. The summed E-state index contributed by atoms with van der Waals surface area (Å²) in [7, 11) is 0. The van der Waals surface area contributed by atoms with Gasteiger partial charge in [0.05, 0.1) is 0 Å². The number of hydrogen-bond donors (Lipinski definition) is 0. The highest BCUT2D eigenvalue weighted by Crippen LogP contribution is 1.83. The Morgan fingerprint density at radius 1 is 1.38 bits per heavy atom. The van der Waals surface area contributed by atoms with Crippen LogP contribution in [-0.2, 0) is 6.54 Å². The minimum atomic E-state index is 0.887. The second kappa shape index (κ2) is 2.45. The largest absolute Gasteiger partial charge is 0.320 e. The zero-order valence-corrected chi connectivity index (χ0v) is 4.62. The molecule has 0 N–H and O–H groups in total. The summed E-state index contributed by atoms with van der Waals surface area (Å²) in [4.78, 5) is 0. The zero-order valence-electron chi connectivity index (χ0n) is 4.62. The van der Waals surface area contributed by atoms with Crippen molar-refractivity contribution in [1.29, 1.82) is 0 Å². The lowest BCUT2D eigenvalue weighted by atomic mass is 10.5. The smallest absolute Gasteiger partial charge is 0.119 e. The summed E-state index contributed by atoms with van der Waals surface area (Å²) in [6.45, 7) is 4.59. The van der Waals surface area contributed by atoms with Crippen LogP contribution in [-0.4, -0.2) is 14.8 Å². The molecule has 1 rings (SSSR count). The van der Waals surface area contributed by atoms with Gasteiger partial charge in [-0.05, 0) is 6.42 Å². The molecule has 1 heterocycles. The monoisotopic (exact) mass is 110 g/mol. The molecule has 0 spiro atoms. The molecule has 0 unspecified atom stereocenters. The summed E-state index contributed by atoms with van der Waals surface area (Å²) >= 11 is 0. The first-order chi connectivity index (χ1) is 3.93. The highest BCUT2D eigenvalue weighted by Gasteiger charge is 1.83. The lowest BCUT2D eigenvalue weighted by Crippen LogP contribution is -1.90. The molecule has 0 bridgehead atoms. The molecular formula is C5H8N3. The van der Waals surface area contributed by atoms with Crippen molar-refractivity contribution in [1.82, 2.24) is 14.8 Å². The van der Waals surface area contributed by atoms with Crippen LogP contribution in [0.5, 0.6) is 0 Å². The van der Waals surface area contributed by atoms with Crippen LogP contribution in [0.15, 0.2) is 12.7 Å². The van der Waals surface area contributed by atoms with Crippen LogP contribution in [0, 0.1) is 6.92 Å². The average Bonchev–Trinajstić information content (AvgIpc) is 2.19. The molecule has 8 heavy (non-hydrogen) atoms. The predicted octanol–water partition coefficient (Wildman–Crippen LogP) is 0.502. The fraction of sp³-hybridized carbons (Fsp3) is 0.400. The molecule has 1 aromatic rings. The van der Waals surface area contributed by atoms with Gasteiger partial charge in [0, 0.05) is 6.54 Å². The number of rotatable bonds is 2. The normalized spacial score (nSPS) is 9.62. The van der Waals surface area contributed by atoms with Crippen LogP contribution in [0.2, 0.25) is 0 Å². The van der Waals surface area contributed by atoms with Crippen LogP contribution >= 0.6 is 0 Å². The van der Waals surface area contributed by atoms with Crippen LogP contribution < -0.4 is 0 Å². The second-order valence-electron chi connectivity index (χ2n) is 1.55. The molecular weight excluding hydrogens is 102 g/mol. The first-order valence-corrected chi connectivity index (χ1v) is 2.55.